The number of benzene rings is 5. The summed E-state index contributed by atoms with van der Waals surface area (Å²) in [5.74, 6) is 3.09. The molecule has 5 aromatic carbocycles. The van der Waals surface area contributed by atoms with Crippen molar-refractivity contribution in [2.45, 2.75) is 0 Å². The standard InChI is InChI=1S/C42H27N7/c1-2-12-30(13-3-1)47-41(28-24-25-43-40(26-28)49-37-20-10-6-16-33(37)34-17-7-11-21-38(34)49)45-46-42(47)29-22-23-39(44-27-29)48-35-18-8-4-14-31(35)32-15-5-9-19-36(32)48/h1-27H. The normalized spacial score (nSPS) is 11.7. The number of rotatable bonds is 5. The zero-order valence-electron chi connectivity index (χ0n) is 26.2. The lowest BCUT2D eigenvalue weighted by atomic mass is 10.2. The van der Waals surface area contributed by atoms with Crippen LogP contribution in [0.4, 0.5) is 0 Å². The van der Waals surface area contributed by atoms with Crippen molar-refractivity contribution in [3.63, 3.8) is 0 Å². The minimum atomic E-state index is 0.706. The second kappa shape index (κ2) is 10.9. The molecule has 0 aliphatic heterocycles. The third kappa shape index (κ3) is 4.22. The van der Waals surface area contributed by atoms with Crippen molar-refractivity contribution in [2.75, 3.05) is 0 Å². The van der Waals surface area contributed by atoms with Gasteiger partial charge in [-0.2, -0.15) is 0 Å². The van der Waals surface area contributed by atoms with Gasteiger partial charge in [-0.1, -0.05) is 91.0 Å². The zero-order valence-corrected chi connectivity index (χ0v) is 26.2. The topological polar surface area (TPSA) is 66.3 Å². The first-order chi connectivity index (χ1) is 24.3. The number of hydrogen-bond donors (Lipinski definition) is 0. The molecule has 5 aromatic heterocycles. The van der Waals surface area contributed by atoms with Crippen LogP contribution in [0.25, 0.3) is 83.7 Å². The van der Waals surface area contributed by atoms with Crippen LogP contribution in [0.3, 0.4) is 0 Å². The van der Waals surface area contributed by atoms with Crippen molar-refractivity contribution in [2.24, 2.45) is 0 Å². The van der Waals surface area contributed by atoms with Gasteiger partial charge in [0.25, 0.3) is 0 Å². The summed E-state index contributed by atoms with van der Waals surface area (Å²) >= 11 is 0. The Morgan fingerprint density at radius 1 is 0.367 bits per heavy atom. The second-order valence-corrected chi connectivity index (χ2v) is 12.1. The van der Waals surface area contributed by atoms with Crippen molar-refractivity contribution in [3.05, 3.63) is 164 Å². The Hall–Kier alpha value is -6.86. The summed E-state index contributed by atoms with van der Waals surface area (Å²) in [5, 5.41) is 14.3. The monoisotopic (exact) mass is 629 g/mol. The number of nitrogens with zero attached hydrogens (tertiary/aromatic N) is 7. The molecule has 0 amide bonds. The molecule has 7 heteroatoms. The average Bonchev–Trinajstić information content (AvgIpc) is 3.86. The molecule has 49 heavy (non-hydrogen) atoms. The minimum absolute atomic E-state index is 0.706. The van der Waals surface area contributed by atoms with Gasteiger partial charge in [0.1, 0.15) is 11.6 Å². The van der Waals surface area contributed by atoms with Crippen LogP contribution in [0.5, 0.6) is 0 Å². The molecule has 0 N–H and O–H groups in total. The predicted molar refractivity (Wildman–Crippen MR) is 196 cm³/mol. The molecule has 0 radical (unpaired) electrons. The molecule has 0 aliphatic carbocycles. The Bertz CT molecular complexity index is 2720. The first kappa shape index (κ1) is 27.3. The van der Waals surface area contributed by atoms with Gasteiger partial charge in [0.15, 0.2) is 11.6 Å². The molecule has 0 saturated heterocycles. The molecule has 0 spiro atoms. The van der Waals surface area contributed by atoms with Crippen molar-refractivity contribution in [1.82, 2.24) is 33.9 Å². The van der Waals surface area contributed by atoms with Crippen molar-refractivity contribution >= 4 is 43.6 Å². The summed E-state index contributed by atoms with van der Waals surface area (Å²) in [6.45, 7) is 0. The largest absolute Gasteiger partial charge is 0.294 e. The van der Waals surface area contributed by atoms with Crippen LogP contribution in [-0.2, 0) is 0 Å². The first-order valence-corrected chi connectivity index (χ1v) is 16.2. The van der Waals surface area contributed by atoms with E-state index < -0.39 is 0 Å². The van der Waals surface area contributed by atoms with Crippen LogP contribution < -0.4 is 0 Å². The third-order valence-electron chi connectivity index (χ3n) is 9.31. The number of pyridine rings is 2. The third-order valence-corrected chi connectivity index (χ3v) is 9.31. The van der Waals surface area contributed by atoms with Gasteiger partial charge < -0.3 is 0 Å². The summed E-state index contributed by atoms with van der Waals surface area (Å²) in [7, 11) is 0. The van der Waals surface area contributed by atoms with E-state index in [0.717, 1.165) is 56.3 Å². The maximum absolute atomic E-state index is 4.99. The molecule has 10 aromatic rings. The zero-order chi connectivity index (χ0) is 32.3. The van der Waals surface area contributed by atoms with Crippen LogP contribution in [0, 0.1) is 0 Å². The van der Waals surface area contributed by atoms with Crippen LogP contribution in [0.15, 0.2) is 164 Å². The Morgan fingerprint density at radius 3 is 1.39 bits per heavy atom. The summed E-state index contributed by atoms with van der Waals surface area (Å²) in [6.07, 6.45) is 3.74. The summed E-state index contributed by atoms with van der Waals surface area (Å²) in [4.78, 5) is 9.83. The van der Waals surface area contributed by atoms with E-state index in [2.05, 4.69) is 141 Å². The molecule has 0 bridgehead atoms. The van der Waals surface area contributed by atoms with Crippen molar-refractivity contribution < 1.29 is 0 Å². The van der Waals surface area contributed by atoms with Gasteiger partial charge in [-0.15, -0.1) is 10.2 Å². The summed E-state index contributed by atoms with van der Waals surface area (Å²) < 4.78 is 6.53. The summed E-state index contributed by atoms with van der Waals surface area (Å²) in [6, 6.07) is 52.3. The lowest BCUT2D eigenvalue weighted by molar-refractivity contribution is 1.04. The van der Waals surface area contributed by atoms with Gasteiger partial charge in [-0.3, -0.25) is 13.7 Å². The van der Waals surface area contributed by atoms with Crippen molar-refractivity contribution in [1.29, 1.82) is 0 Å². The molecule has 0 saturated carbocycles. The van der Waals surface area contributed by atoms with E-state index in [-0.39, 0.29) is 0 Å². The SMILES string of the molecule is c1ccc(-n2c(-c3ccc(-n4c5ccccc5c5ccccc54)nc3)nnc2-c2ccnc(-n3c4ccccc4c4ccccc43)c2)cc1. The number of fused-ring (bicyclic) bond motifs is 6. The molecule has 7 nitrogen and oxygen atoms in total. The minimum Gasteiger partial charge on any atom is -0.294 e. The highest BCUT2D eigenvalue weighted by molar-refractivity contribution is 6.10. The molecule has 10 rings (SSSR count). The fourth-order valence-corrected chi connectivity index (χ4v) is 7.15. The lowest BCUT2D eigenvalue weighted by Crippen LogP contribution is -2.03. The molecule has 0 fully saturated rings. The number of hydrogen-bond acceptors (Lipinski definition) is 4. The van der Waals surface area contributed by atoms with E-state index in [1.54, 1.807) is 0 Å². The van der Waals surface area contributed by atoms with E-state index >= 15 is 0 Å². The van der Waals surface area contributed by atoms with E-state index in [1.165, 1.54) is 21.5 Å². The van der Waals surface area contributed by atoms with E-state index in [1.807, 2.05) is 36.7 Å². The van der Waals surface area contributed by atoms with E-state index in [9.17, 15) is 0 Å². The van der Waals surface area contributed by atoms with Crippen LogP contribution in [0.2, 0.25) is 0 Å². The predicted octanol–water partition coefficient (Wildman–Crippen LogP) is 9.59. The molecular weight excluding hydrogens is 603 g/mol. The Labute approximate surface area is 281 Å². The van der Waals surface area contributed by atoms with Crippen LogP contribution >= 0.6 is 0 Å². The maximum Gasteiger partial charge on any atom is 0.170 e. The Balaban J connectivity index is 1.12. The summed E-state index contributed by atoms with van der Waals surface area (Å²) in [5.41, 5.74) is 7.18. The second-order valence-electron chi connectivity index (χ2n) is 12.1. The van der Waals surface area contributed by atoms with E-state index in [4.69, 9.17) is 20.2 Å². The Kier molecular flexibility index (Phi) is 6.04. The molecule has 0 atom stereocenters. The number of aromatic nitrogens is 7. The van der Waals surface area contributed by atoms with E-state index in [0.29, 0.717) is 5.82 Å². The molecule has 5 heterocycles. The molecule has 0 unspecified atom stereocenters. The lowest BCUT2D eigenvalue weighted by Gasteiger charge is -2.13. The average molecular weight is 630 g/mol. The fraction of sp³-hybridized carbons (Fsp3) is 0. The van der Waals surface area contributed by atoms with Crippen molar-refractivity contribution in [3.8, 4) is 40.1 Å². The molecular formula is C42H27N7. The van der Waals surface area contributed by atoms with Gasteiger partial charge in [0.2, 0.25) is 0 Å². The van der Waals surface area contributed by atoms with Gasteiger partial charge in [0, 0.05) is 50.8 Å². The first-order valence-electron chi connectivity index (χ1n) is 16.2. The molecule has 0 aliphatic rings. The number of para-hydroxylation sites is 5. The maximum atomic E-state index is 4.99. The quantitative estimate of drug-likeness (QED) is 0.190. The highest BCUT2D eigenvalue weighted by Gasteiger charge is 2.20. The van der Waals surface area contributed by atoms with Crippen LogP contribution in [-0.4, -0.2) is 33.9 Å². The Morgan fingerprint density at radius 2 is 0.857 bits per heavy atom. The smallest absolute Gasteiger partial charge is 0.170 e. The van der Waals surface area contributed by atoms with Gasteiger partial charge in [0.05, 0.1) is 22.1 Å². The van der Waals surface area contributed by atoms with Gasteiger partial charge in [-0.25, -0.2) is 9.97 Å². The van der Waals surface area contributed by atoms with Crippen LogP contribution in [0.1, 0.15) is 0 Å². The van der Waals surface area contributed by atoms with Gasteiger partial charge >= 0.3 is 0 Å². The highest BCUT2D eigenvalue weighted by Crippen LogP contribution is 2.35. The fourth-order valence-electron chi connectivity index (χ4n) is 7.15. The molecule has 230 valence electrons. The highest BCUT2D eigenvalue weighted by atomic mass is 15.3. The van der Waals surface area contributed by atoms with Gasteiger partial charge in [-0.05, 0) is 60.7 Å².